The van der Waals surface area contributed by atoms with Gasteiger partial charge in [-0.2, -0.15) is 4.31 Å². The van der Waals surface area contributed by atoms with E-state index in [4.69, 9.17) is 9.47 Å². The van der Waals surface area contributed by atoms with Crippen LogP contribution in [-0.2, 0) is 14.8 Å². The van der Waals surface area contributed by atoms with Crippen molar-refractivity contribution >= 4 is 15.9 Å². The van der Waals surface area contributed by atoms with Crippen molar-refractivity contribution in [2.24, 2.45) is 0 Å². The Hall–Kier alpha value is -2.06. The summed E-state index contributed by atoms with van der Waals surface area (Å²) < 4.78 is 38.0. The summed E-state index contributed by atoms with van der Waals surface area (Å²) >= 11 is 0. The molecule has 2 aliphatic heterocycles. The fourth-order valence-electron chi connectivity index (χ4n) is 2.90. The van der Waals surface area contributed by atoms with Crippen molar-refractivity contribution < 1.29 is 22.7 Å². The van der Waals surface area contributed by atoms with Crippen molar-refractivity contribution in [3.8, 4) is 11.5 Å². The van der Waals surface area contributed by atoms with Crippen LogP contribution in [0.2, 0.25) is 0 Å². The molecule has 0 saturated carbocycles. The van der Waals surface area contributed by atoms with Gasteiger partial charge in [0.15, 0.2) is 11.5 Å². The van der Waals surface area contributed by atoms with Crippen molar-refractivity contribution in [1.29, 1.82) is 0 Å². The van der Waals surface area contributed by atoms with Crippen LogP contribution in [0.3, 0.4) is 0 Å². The first-order chi connectivity index (χ1) is 11.5. The molecule has 2 aliphatic rings. The Bertz CT molecular complexity index is 747. The molecule has 1 N–H and O–H groups in total. The van der Waals surface area contributed by atoms with Gasteiger partial charge >= 0.3 is 0 Å². The second kappa shape index (κ2) is 6.82. The number of ether oxygens (including phenoxy) is 2. The maximum absolute atomic E-state index is 12.9. The van der Waals surface area contributed by atoms with Gasteiger partial charge < -0.3 is 14.8 Å². The van der Waals surface area contributed by atoms with Gasteiger partial charge in [0.05, 0.1) is 4.90 Å². The monoisotopic (exact) mass is 352 g/mol. The smallest absolute Gasteiger partial charge is 0.243 e. The molecule has 0 aromatic heterocycles. The minimum absolute atomic E-state index is 0.107. The standard InChI is InChI=1S/C16H20N2O5S/c1-2-7-17-16(19)13-4-3-8-18(13)24(20,21)12-5-6-14-15(11-12)23-10-9-22-14/h2,5-6,11,13H,1,3-4,7-10H2,(H,17,19). The molecule has 0 radical (unpaired) electrons. The maximum Gasteiger partial charge on any atom is 0.243 e. The molecule has 1 amide bonds. The highest BCUT2D eigenvalue weighted by Gasteiger charge is 2.39. The predicted octanol–water partition coefficient (Wildman–Crippen LogP) is 0.913. The van der Waals surface area contributed by atoms with Crippen LogP contribution in [0.4, 0.5) is 0 Å². The molecule has 1 fully saturated rings. The number of hydrogen-bond acceptors (Lipinski definition) is 5. The number of nitrogens with one attached hydrogen (secondary N) is 1. The Kier molecular flexibility index (Phi) is 4.77. The summed E-state index contributed by atoms with van der Waals surface area (Å²) in [4.78, 5) is 12.3. The molecule has 2 heterocycles. The van der Waals surface area contributed by atoms with Crippen molar-refractivity contribution in [2.75, 3.05) is 26.3 Å². The average molecular weight is 352 g/mol. The third-order valence-electron chi connectivity index (χ3n) is 4.05. The number of nitrogens with zero attached hydrogens (tertiary/aromatic N) is 1. The molecule has 1 aromatic rings. The van der Waals surface area contributed by atoms with E-state index in [-0.39, 0.29) is 10.8 Å². The maximum atomic E-state index is 12.9. The predicted molar refractivity (Wildman–Crippen MR) is 87.6 cm³/mol. The van der Waals surface area contributed by atoms with Crippen LogP contribution in [0.1, 0.15) is 12.8 Å². The molecule has 0 bridgehead atoms. The normalized spacial score (nSPS) is 20.6. The third kappa shape index (κ3) is 3.11. The molecule has 0 spiro atoms. The number of carbonyl (C=O) groups excluding carboxylic acids is 1. The molecule has 130 valence electrons. The molecule has 0 aliphatic carbocycles. The van der Waals surface area contributed by atoms with Crippen molar-refractivity contribution in [3.63, 3.8) is 0 Å². The first-order valence-corrected chi connectivity index (χ1v) is 9.28. The van der Waals surface area contributed by atoms with Crippen LogP contribution in [0.5, 0.6) is 11.5 Å². The van der Waals surface area contributed by atoms with Crippen LogP contribution in [0, 0.1) is 0 Å². The van der Waals surface area contributed by atoms with E-state index in [0.29, 0.717) is 50.6 Å². The molecular formula is C16H20N2O5S. The zero-order valence-electron chi connectivity index (χ0n) is 13.2. The fourth-order valence-corrected chi connectivity index (χ4v) is 4.57. The van der Waals surface area contributed by atoms with Crippen molar-refractivity contribution in [1.82, 2.24) is 9.62 Å². The molecule has 1 atom stereocenters. The summed E-state index contributed by atoms with van der Waals surface area (Å²) in [5.41, 5.74) is 0. The number of carbonyl (C=O) groups is 1. The number of rotatable bonds is 5. The minimum atomic E-state index is -3.78. The molecule has 1 saturated heterocycles. The summed E-state index contributed by atoms with van der Waals surface area (Å²) in [6, 6.07) is 3.84. The van der Waals surface area contributed by atoms with Gasteiger partial charge in [-0.25, -0.2) is 8.42 Å². The van der Waals surface area contributed by atoms with Gasteiger partial charge in [0, 0.05) is 19.2 Å². The zero-order chi connectivity index (χ0) is 17.2. The number of sulfonamides is 1. The second-order valence-corrected chi connectivity index (χ2v) is 7.50. The Labute approximate surface area is 141 Å². The number of amides is 1. The average Bonchev–Trinajstić information content (AvgIpc) is 3.10. The van der Waals surface area contributed by atoms with E-state index in [9.17, 15) is 13.2 Å². The van der Waals surface area contributed by atoms with E-state index in [1.807, 2.05) is 0 Å². The van der Waals surface area contributed by atoms with Gasteiger partial charge in [-0.3, -0.25) is 4.79 Å². The lowest BCUT2D eigenvalue weighted by atomic mass is 10.2. The third-order valence-corrected chi connectivity index (χ3v) is 5.95. The number of fused-ring (bicyclic) bond motifs is 1. The van der Waals surface area contributed by atoms with Gasteiger partial charge in [-0.05, 0) is 25.0 Å². The lowest BCUT2D eigenvalue weighted by Gasteiger charge is -2.24. The summed E-state index contributed by atoms with van der Waals surface area (Å²) in [6.45, 7) is 5.00. The van der Waals surface area contributed by atoms with E-state index in [2.05, 4.69) is 11.9 Å². The highest BCUT2D eigenvalue weighted by Crippen LogP contribution is 2.34. The number of hydrogen-bond donors (Lipinski definition) is 1. The van der Waals surface area contributed by atoms with Gasteiger partial charge in [0.1, 0.15) is 19.3 Å². The van der Waals surface area contributed by atoms with Gasteiger partial charge in [-0.15, -0.1) is 6.58 Å². The summed E-state index contributed by atoms with van der Waals surface area (Å²) in [5, 5.41) is 2.67. The zero-order valence-corrected chi connectivity index (χ0v) is 14.0. The van der Waals surface area contributed by atoms with Gasteiger partial charge in [0.2, 0.25) is 15.9 Å². The van der Waals surface area contributed by atoms with Crippen LogP contribution in [-0.4, -0.2) is 51.0 Å². The molecule has 3 rings (SSSR count). The lowest BCUT2D eigenvalue weighted by Crippen LogP contribution is -2.45. The van der Waals surface area contributed by atoms with E-state index in [0.717, 1.165) is 0 Å². The summed E-state index contributed by atoms with van der Waals surface area (Å²) in [5.74, 6) is 0.643. The number of benzene rings is 1. The molecular weight excluding hydrogens is 332 g/mol. The van der Waals surface area contributed by atoms with Crippen LogP contribution < -0.4 is 14.8 Å². The summed E-state index contributed by atoms with van der Waals surface area (Å²) in [6.07, 6.45) is 2.72. The fraction of sp³-hybridized carbons (Fsp3) is 0.438. The highest BCUT2D eigenvalue weighted by atomic mass is 32.2. The quantitative estimate of drug-likeness (QED) is 0.797. The molecule has 7 nitrogen and oxygen atoms in total. The van der Waals surface area contributed by atoms with Crippen molar-refractivity contribution in [2.45, 2.75) is 23.8 Å². The molecule has 1 aromatic carbocycles. The molecule has 1 unspecified atom stereocenters. The van der Waals surface area contributed by atoms with E-state index >= 15 is 0 Å². The van der Waals surface area contributed by atoms with E-state index in [1.54, 1.807) is 12.1 Å². The Balaban J connectivity index is 1.86. The van der Waals surface area contributed by atoms with E-state index < -0.39 is 16.1 Å². The van der Waals surface area contributed by atoms with Crippen LogP contribution >= 0.6 is 0 Å². The van der Waals surface area contributed by atoms with Gasteiger partial charge in [0.25, 0.3) is 0 Å². The second-order valence-electron chi connectivity index (χ2n) is 5.61. The van der Waals surface area contributed by atoms with Crippen molar-refractivity contribution in [3.05, 3.63) is 30.9 Å². The molecule has 8 heteroatoms. The lowest BCUT2D eigenvalue weighted by molar-refractivity contribution is -0.123. The minimum Gasteiger partial charge on any atom is -0.486 e. The van der Waals surface area contributed by atoms with Crippen LogP contribution in [0.25, 0.3) is 0 Å². The van der Waals surface area contributed by atoms with E-state index in [1.165, 1.54) is 16.4 Å². The molecule has 24 heavy (non-hydrogen) atoms. The first-order valence-electron chi connectivity index (χ1n) is 7.84. The Morgan fingerprint density at radius 1 is 1.33 bits per heavy atom. The Morgan fingerprint density at radius 3 is 2.83 bits per heavy atom. The SMILES string of the molecule is C=CCNC(=O)C1CCCN1S(=O)(=O)c1ccc2c(c1)OCCO2. The first kappa shape index (κ1) is 16.8. The Morgan fingerprint density at radius 2 is 2.08 bits per heavy atom. The van der Waals surface area contributed by atoms with Crippen LogP contribution in [0.15, 0.2) is 35.7 Å². The summed E-state index contributed by atoms with van der Waals surface area (Å²) in [7, 11) is -3.78. The topological polar surface area (TPSA) is 84.9 Å². The van der Waals surface area contributed by atoms with Gasteiger partial charge in [-0.1, -0.05) is 6.08 Å². The largest absolute Gasteiger partial charge is 0.486 e. The highest BCUT2D eigenvalue weighted by molar-refractivity contribution is 7.89.